The Morgan fingerprint density at radius 2 is 1.81 bits per heavy atom. The lowest BCUT2D eigenvalue weighted by Gasteiger charge is -2.32. The summed E-state index contributed by atoms with van der Waals surface area (Å²) >= 11 is 1.17. The van der Waals surface area contributed by atoms with Crippen LogP contribution in [0, 0.1) is 23.4 Å². The van der Waals surface area contributed by atoms with E-state index in [1.807, 2.05) is 0 Å². The predicted molar refractivity (Wildman–Crippen MR) is 127 cm³/mol. The van der Waals surface area contributed by atoms with Crippen LogP contribution in [0.25, 0.3) is 10.2 Å². The molecule has 0 bridgehead atoms. The average Bonchev–Trinajstić information content (AvgIpc) is 3.51. The van der Waals surface area contributed by atoms with Crippen molar-refractivity contribution in [2.24, 2.45) is 5.92 Å². The average molecular weight is 536 g/mol. The van der Waals surface area contributed by atoms with E-state index < -0.39 is 38.3 Å². The van der Waals surface area contributed by atoms with Gasteiger partial charge < -0.3 is 4.42 Å². The number of carbonyl (C=O) groups excluding carboxylic acids is 1. The first-order chi connectivity index (χ1) is 17.2. The van der Waals surface area contributed by atoms with Gasteiger partial charge in [0.25, 0.3) is 0 Å². The molecule has 3 heterocycles. The Kier molecular flexibility index (Phi) is 6.58. The molecule has 0 spiro atoms. The molecule has 5 rings (SSSR count). The maximum Gasteiger partial charge on any atom is 0.245 e. The SMILES string of the molecule is O=C(C1CCN(S(=O)(=O)c2ccc(F)cc2F)CC1)N(Cc1ccco1)c1nc2ccc(F)cc2s1. The summed E-state index contributed by atoms with van der Waals surface area (Å²) in [7, 11) is -4.19. The van der Waals surface area contributed by atoms with Gasteiger partial charge in [-0.05, 0) is 55.3 Å². The number of rotatable bonds is 6. The van der Waals surface area contributed by atoms with Crippen LogP contribution in [0.2, 0.25) is 0 Å². The number of hydrogen-bond donors (Lipinski definition) is 0. The highest BCUT2D eigenvalue weighted by atomic mass is 32.2. The lowest BCUT2D eigenvalue weighted by atomic mass is 9.96. The Balaban J connectivity index is 1.36. The summed E-state index contributed by atoms with van der Waals surface area (Å²) in [5, 5.41) is 0.375. The van der Waals surface area contributed by atoms with Crippen LogP contribution in [0.4, 0.5) is 18.3 Å². The van der Waals surface area contributed by atoms with Crippen molar-refractivity contribution in [2.45, 2.75) is 24.3 Å². The number of aromatic nitrogens is 1. The van der Waals surface area contributed by atoms with Crippen LogP contribution in [-0.2, 0) is 21.4 Å². The monoisotopic (exact) mass is 535 g/mol. The lowest BCUT2D eigenvalue weighted by Crippen LogP contribution is -2.44. The molecular weight excluding hydrogens is 515 g/mol. The highest BCUT2D eigenvalue weighted by Gasteiger charge is 2.36. The Morgan fingerprint density at radius 1 is 1.08 bits per heavy atom. The Morgan fingerprint density at radius 3 is 2.50 bits per heavy atom. The molecule has 4 aromatic rings. The van der Waals surface area contributed by atoms with E-state index in [9.17, 15) is 26.4 Å². The Labute approximate surface area is 208 Å². The van der Waals surface area contributed by atoms with Crippen molar-refractivity contribution in [1.82, 2.24) is 9.29 Å². The van der Waals surface area contributed by atoms with E-state index in [4.69, 9.17) is 4.42 Å². The van der Waals surface area contributed by atoms with Crippen LogP contribution >= 0.6 is 11.3 Å². The first-order valence-electron chi connectivity index (χ1n) is 11.1. The quantitative estimate of drug-likeness (QED) is 0.349. The van der Waals surface area contributed by atoms with E-state index in [0.717, 1.165) is 16.4 Å². The van der Waals surface area contributed by atoms with Gasteiger partial charge in [-0.3, -0.25) is 9.69 Å². The van der Waals surface area contributed by atoms with E-state index in [2.05, 4.69) is 4.98 Å². The summed E-state index contributed by atoms with van der Waals surface area (Å²) < 4.78 is 74.0. The first-order valence-corrected chi connectivity index (χ1v) is 13.3. The molecule has 0 N–H and O–H groups in total. The molecule has 1 amide bonds. The molecule has 2 aromatic heterocycles. The second-order valence-corrected chi connectivity index (χ2v) is 11.3. The number of thiazole rings is 1. The van der Waals surface area contributed by atoms with E-state index in [0.29, 0.717) is 27.2 Å². The third-order valence-corrected chi connectivity index (χ3v) is 9.02. The molecule has 1 aliphatic heterocycles. The Bertz CT molecular complexity index is 1510. The van der Waals surface area contributed by atoms with Gasteiger partial charge in [0.1, 0.15) is 28.1 Å². The topological polar surface area (TPSA) is 83.7 Å². The second kappa shape index (κ2) is 9.68. The molecule has 1 fully saturated rings. The van der Waals surface area contributed by atoms with Crippen LogP contribution in [0.1, 0.15) is 18.6 Å². The summed E-state index contributed by atoms with van der Waals surface area (Å²) in [6.07, 6.45) is 1.90. The zero-order chi connectivity index (χ0) is 25.4. The molecule has 0 atom stereocenters. The molecule has 0 saturated carbocycles. The maximum absolute atomic E-state index is 14.1. The number of sulfonamides is 1. The highest BCUT2D eigenvalue weighted by molar-refractivity contribution is 7.89. The third-order valence-electron chi connectivity index (χ3n) is 6.05. The molecular formula is C24H20F3N3O4S2. The van der Waals surface area contributed by atoms with Crippen molar-refractivity contribution in [1.29, 1.82) is 0 Å². The minimum Gasteiger partial charge on any atom is -0.467 e. The standard InChI is InChI=1S/C24H20F3N3O4S2/c25-16-4-6-22(19(27)12-16)36(32,33)29-9-7-15(8-10-29)23(31)30(14-18-2-1-11-34-18)24-28-20-5-3-17(26)13-21(20)35-24/h1-6,11-13,15H,7-10,14H2. The van der Waals surface area contributed by atoms with Crippen LogP contribution in [0.5, 0.6) is 0 Å². The van der Waals surface area contributed by atoms with Crippen LogP contribution in [-0.4, -0.2) is 36.7 Å². The van der Waals surface area contributed by atoms with Gasteiger partial charge in [-0.25, -0.2) is 26.6 Å². The van der Waals surface area contributed by atoms with Crippen molar-refractivity contribution in [3.05, 3.63) is 78.0 Å². The predicted octanol–water partition coefficient (Wildman–Crippen LogP) is 4.94. The minimum absolute atomic E-state index is 0.00476. The zero-order valence-electron chi connectivity index (χ0n) is 18.7. The fraction of sp³-hybridized carbons (Fsp3) is 0.250. The van der Waals surface area contributed by atoms with Gasteiger partial charge in [-0.1, -0.05) is 11.3 Å². The second-order valence-electron chi connectivity index (χ2n) is 8.37. The number of fused-ring (bicyclic) bond motifs is 1. The van der Waals surface area contributed by atoms with Crippen molar-refractivity contribution < 1.29 is 30.8 Å². The molecule has 1 aliphatic rings. The Hall–Kier alpha value is -3.22. The highest BCUT2D eigenvalue weighted by Crippen LogP contribution is 2.33. The minimum atomic E-state index is -4.19. The summed E-state index contributed by atoms with van der Waals surface area (Å²) in [6, 6.07) is 9.93. The summed E-state index contributed by atoms with van der Waals surface area (Å²) in [6.45, 7) is 0.0951. The van der Waals surface area contributed by atoms with Gasteiger partial charge in [-0.2, -0.15) is 4.31 Å². The fourth-order valence-corrected chi connectivity index (χ4v) is 6.70. The number of nitrogens with zero attached hydrogens (tertiary/aromatic N) is 3. The van der Waals surface area contributed by atoms with Crippen molar-refractivity contribution in [3.63, 3.8) is 0 Å². The normalized spacial score (nSPS) is 15.4. The van der Waals surface area contributed by atoms with Crippen molar-refractivity contribution in [3.8, 4) is 0 Å². The fourth-order valence-electron chi connectivity index (χ4n) is 4.19. The largest absolute Gasteiger partial charge is 0.467 e. The molecule has 12 heteroatoms. The molecule has 2 aromatic carbocycles. The van der Waals surface area contributed by atoms with E-state index in [1.54, 1.807) is 12.1 Å². The number of halogens is 3. The summed E-state index contributed by atoms with van der Waals surface area (Å²) in [4.78, 5) is 19.0. The van der Waals surface area contributed by atoms with Gasteiger partial charge in [0.2, 0.25) is 15.9 Å². The number of furan rings is 1. The van der Waals surface area contributed by atoms with Gasteiger partial charge >= 0.3 is 0 Å². The van der Waals surface area contributed by atoms with Gasteiger partial charge in [0, 0.05) is 25.1 Å². The van der Waals surface area contributed by atoms with Crippen LogP contribution in [0.15, 0.2) is 64.1 Å². The number of benzene rings is 2. The van der Waals surface area contributed by atoms with E-state index in [-0.39, 0.29) is 38.4 Å². The third kappa shape index (κ3) is 4.75. The molecule has 7 nitrogen and oxygen atoms in total. The zero-order valence-corrected chi connectivity index (χ0v) is 20.4. The van der Waals surface area contributed by atoms with Crippen molar-refractivity contribution in [2.75, 3.05) is 18.0 Å². The van der Waals surface area contributed by atoms with Gasteiger partial charge in [0.05, 0.1) is 23.0 Å². The van der Waals surface area contributed by atoms with Crippen LogP contribution in [0.3, 0.4) is 0 Å². The summed E-state index contributed by atoms with van der Waals surface area (Å²) in [5.41, 5.74) is 0.552. The number of carbonyl (C=O) groups is 1. The smallest absolute Gasteiger partial charge is 0.245 e. The van der Waals surface area contributed by atoms with E-state index in [1.165, 1.54) is 40.7 Å². The molecule has 0 aliphatic carbocycles. The van der Waals surface area contributed by atoms with E-state index >= 15 is 0 Å². The number of amides is 1. The van der Waals surface area contributed by atoms with Crippen LogP contribution < -0.4 is 4.90 Å². The molecule has 36 heavy (non-hydrogen) atoms. The number of piperidine rings is 1. The number of anilines is 1. The molecule has 0 radical (unpaired) electrons. The lowest BCUT2D eigenvalue weighted by molar-refractivity contribution is -0.123. The van der Waals surface area contributed by atoms with Gasteiger partial charge in [0.15, 0.2) is 5.13 Å². The van der Waals surface area contributed by atoms with Crippen molar-refractivity contribution >= 4 is 42.6 Å². The summed E-state index contributed by atoms with van der Waals surface area (Å²) in [5.74, 6) is -2.70. The first kappa shape index (κ1) is 24.5. The molecule has 0 unspecified atom stereocenters. The maximum atomic E-state index is 14.1. The van der Waals surface area contributed by atoms with Gasteiger partial charge in [-0.15, -0.1) is 0 Å². The molecule has 1 saturated heterocycles. The molecule has 188 valence electrons. The number of hydrogen-bond acceptors (Lipinski definition) is 6.